The molecular formula is C19H23FO. The van der Waals surface area contributed by atoms with Crippen LogP contribution in [0.3, 0.4) is 0 Å². The Bertz CT molecular complexity index is 628. The summed E-state index contributed by atoms with van der Waals surface area (Å²) in [6.45, 7) is 9.92. The van der Waals surface area contributed by atoms with Crippen molar-refractivity contribution in [3.05, 3.63) is 52.8 Å². The molecule has 2 aromatic rings. The summed E-state index contributed by atoms with van der Waals surface area (Å²) in [6, 6.07) is 9.24. The minimum Gasteiger partial charge on any atom is -0.507 e. The number of benzene rings is 2. The van der Waals surface area contributed by atoms with Crippen molar-refractivity contribution in [3.63, 3.8) is 0 Å². The maximum atomic E-state index is 14.4. The predicted molar refractivity (Wildman–Crippen MR) is 86.4 cm³/mol. The normalized spacial score (nSPS) is 11.4. The standard InChI is InChI=1S/C19H23FO/c1-11(2)16-9-14(10-17(12(3)4)19(16)21)15-8-6-7-13(5)18(15)20/h6-12,21H,1-5H3. The fourth-order valence-electron chi connectivity index (χ4n) is 2.59. The first-order chi connectivity index (χ1) is 9.82. The van der Waals surface area contributed by atoms with Crippen LogP contribution < -0.4 is 0 Å². The third-order valence-corrected chi connectivity index (χ3v) is 3.92. The summed E-state index contributed by atoms with van der Waals surface area (Å²) in [5.74, 6) is 0.537. The molecular weight excluding hydrogens is 263 g/mol. The van der Waals surface area contributed by atoms with Crippen molar-refractivity contribution in [2.45, 2.75) is 46.5 Å². The van der Waals surface area contributed by atoms with Gasteiger partial charge < -0.3 is 5.11 Å². The predicted octanol–water partition coefficient (Wildman–Crippen LogP) is 5.75. The first-order valence-corrected chi connectivity index (χ1v) is 7.45. The Hall–Kier alpha value is -1.83. The van der Waals surface area contributed by atoms with Gasteiger partial charge in [-0.25, -0.2) is 4.39 Å². The van der Waals surface area contributed by atoms with Crippen molar-refractivity contribution in [1.29, 1.82) is 0 Å². The summed E-state index contributed by atoms with van der Waals surface area (Å²) >= 11 is 0. The number of aromatic hydroxyl groups is 1. The Balaban J connectivity index is 2.72. The number of phenols is 1. The van der Waals surface area contributed by atoms with Crippen LogP contribution in [-0.4, -0.2) is 5.11 Å². The Labute approximate surface area is 126 Å². The smallest absolute Gasteiger partial charge is 0.133 e. The lowest BCUT2D eigenvalue weighted by Gasteiger charge is -2.18. The Kier molecular flexibility index (Phi) is 4.36. The highest BCUT2D eigenvalue weighted by Crippen LogP contribution is 2.38. The van der Waals surface area contributed by atoms with Crippen LogP contribution in [0.4, 0.5) is 4.39 Å². The maximum Gasteiger partial charge on any atom is 0.133 e. The first kappa shape index (κ1) is 15.6. The molecule has 0 unspecified atom stereocenters. The minimum absolute atomic E-state index is 0.187. The molecule has 2 aromatic carbocycles. The van der Waals surface area contributed by atoms with E-state index < -0.39 is 0 Å². The van der Waals surface area contributed by atoms with E-state index in [2.05, 4.69) is 0 Å². The van der Waals surface area contributed by atoms with Crippen molar-refractivity contribution in [2.24, 2.45) is 0 Å². The Morgan fingerprint density at radius 1 is 0.952 bits per heavy atom. The molecule has 2 rings (SSSR count). The molecule has 0 aliphatic carbocycles. The highest BCUT2D eigenvalue weighted by Gasteiger charge is 2.17. The van der Waals surface area contributed by atoms with Crippen molar-refractivity contribution >= 4 is 0 Å². The third-order valence-electron chi connectivity index (χ3n) is 3.92. The van der Waals surface area contributed by atoms with E-state index in [-0.39, 0.29) is 17.7 Å². The van der Waals surface area contributed by atoms with Gasteiger partial charge in [-0.1, -0.05) is 45.9 Å². The molecule has 1 nitrogen and oxygen atoms in total. The van der Waals surface area contributed by atoms with E-state index in [4.69, 9.17) is 0 Å². The average molecular weight is 286 g/mol. The van der Waals surface area contributed by atoms with Gasteiger partial charge in [0.2, 0.25) is 0 Å². The number of halogens is 1. The Morgan fingerprint density at radius 3 is 1.95 bits per heavy atom. The molecule has 0 saturated carbocycles. The molecule has 0 fully saturated rings. The lowest BCUT2D eigenvalue weighted by Crippen LogP contribution is -1.98. The van der Waals surface area contributed by atoms with E-state index in [9.17, 15) is 9.50 Å². The van der Waals surface area contributed by atoms with Gasteiger partial charge in [-0.3, -0.25) is 0 Å². The van der Waals surface area contributed by atoms with Gasteiger partial charge in [0.15, 0.2) is 0 Å². The molecule has 0 aromatic heterocycles. The van der Waals surface area contributed by atoms with Gasteiger partial charge in [-0.05, 0) is 53.1 Å². The van der Waals surface area contributed by atoms with Gasteiger partial charge in [0.25, 0.3) is 0 Å². The van der Waals surface area contributed by atoms with Crippen molar-refractivity contribution in [3.8, 4) is 16.9 Å². The molecule has 0 radical (unpaired) electrons. The molecule has 0 bridgehead atoms. The zero-order chi connectivity index (χ0) is 15.7. The van der Waals surface area contributed by atoms with Gasteiger partial charge in [0.05, 0.1) is 0 Å². The summed E-state index contributed by atoms with van der Waals surface area (Å²) in [6.07, 6.45) is 0. The lowest BCUT2D eigenvalue weighted by atomic mass is 9.89. The zero-order valence-corrected chi connectivity index (χ0v) is 13.4. The van der Waals surface area contributed by atoms with Gasteiger partial charge in [0.1, 0.15) is 11.6 Å². The quantitative estimate of drug-likeness (QED) is 0.761. The fourth-order valence-corrected chi connectivity index (χ4v) is 2.59. The second-order valence-corrected chi connectivity index (χ2v) is 6.25. The number of aryl methyl sites for hydroxylation is 1. The molecule has 0 saturated heterocycles. The largest absolute Gasteiger partial charge is 0.507 e. The van der Waals surface area contributed by atoms with Crippen LogP contribution in [0.15, 0.2) is 30.3 Å². The van der Waals surface area contributed by atoms with E-state index in [0.29, 0.717) is 16.9 Å². The number of hydrogen-bond donors (Lipinski definition) is 1. The Morgan fingerprint density at radius 2 is 1.48 bits per heavy atom. The summed E-state index contributed by atoms with van der Waals surface area (Å²) in [4.78, 5) is 0. The van der Waals surface area contributed by atoms with E-state index in [1.54, 1.807) is 19.1 Å². The minimum atomic E-state index is -0.187. The molecule has 112 valence electrons. The molecule has 0 spiro atoms. The first-order valence-electron chi connectivity index (χ1n) is 7.45. The number of rotatable bonds is 3. The van der Waals surface area contributed by atoms with Gasteiger partial charge in [-0.15, -0.1) is 0 Å². The van der Waals surface area contributed by atoms with Gasteiger partial charge in [0, 0.05) is 5.56 Å². The molecule has 0 aliphatic heterocycles. The van der Waals surface area contributed by atoms with Crippen LogP contribution in [0.1, 0.15) is 56.2 Å². The molecule has 21 heavy (non-hydrogen) atoms. The molecule has 0 aliphatic rings. The molecule has 0 atom stereocenters. The summed E-state index contributed by atoms with van der Waals surface area (Å²) in [5, 5.41) is 10.4. The van der Waals surface area contributed by atoms with E-state index in [1.165, 1.54) is 0 Å². The van der Waals surface area contributed by atoms with Gasteiger partial charge in [-0.2, -0.15) is 0 Å². The lowest BCUT2D eigenvalue weighted by molar-refractivity contribution is 0.454. The van der Waals surface area contributed by atoms with Crippen LogP contribution in [-0.2, 0) is 0 Å². The molecule has 1 N–H and O–H groups in total. The van der Waals surface area contributed by atoms with Crippen molar-refractivity contribution in [1.82, 2.24) is 0 Å². The van der Waals surface area contributed by atoms with E-state index in [0.717, 1.165) is 16.7 Å². The summed E-state index contributed by atoms with van der Waals surface area (Å²) < 4.78 is 14.4. The molecule has 2 heteroatoms. The van der Waals surface area contributed by atoms with Crippen LogP contribution >= 0.6 is 0 Å². The highest BCUT2D eigenvalue weighted by atomic mass is 19.1. The summed E-state index contributed by atoms with van der Waals surface area (Å²) in [5.41, 5.74) is 3.81. The van der Waals surface area contributed by atoms with Crippen LogP contribution in [0.5, 0.6) is 5.75 Å². The number of hydrogen-bond acceptors (Lipinski definition) is 1. The molecule has 0 heterocycles. The van der Waals surface area contributed by atoms with Crippen molar-refractivity contribution in [2.75, 3.05) is 0 Å². The highest BCUT2D eigenvalue weighted by molar-refractivity contribution is 5.69. The SMILES string of the molecule is Cc1cccc(-c2cc(C(C)C)c(O)c(C(C)C)c2)c1F. The van der Waals surface area contributed by atoms with E-state index >= 15 is 0 Å². The van der Waals surface area contributed by atoms with Crippen molar-refractivity contribution < 1.29 is 9.50 Å². The van der Waals surface area contributed by atoms with Crippen LogP contribution in [0, 0.1) is 12.7 Å². The maximum absolute atomic E-state index is 14.4. The second kappa shape index (κ2) is 5.88. The fraction of sp³-hybridized carbons (Fsp3) is 0.368. The second-order valence-electron chi connectivity index (χ2n) is 6.25. The monoisotopic (exact) mass is 286 g/mol. The topological polar surface area (TPSA) is 20.2 Å². The van der Waals surface area contributed by atoms with Crippen LogP contribution in [0.2, 0.25) is 0 Å². The number of phenolic OH excluding ortho intramolecular Hbond substituents is 1. The van der Waals surface area contributed by atoms with Gasteiger partial charge >= 0.3 is 0 Å². The van der Waals surface area contributed by atoms with E-state index in [1.807, 2.05) is 45.9 Å². The van der Waals surface area contributed by atoms with Crippen LogP contribution in [0.25, 0.3) is 11.1 Å². The average Bonchev–Trinajstić information content (AvgIpc) is 2.41. The third kappa shape index (κ3) is 2.94. The zero-order valence-electron chi connectivity index (χ0n) is 13.4. The molecule has 0 amide bonds. The summed E-state index contributed by atoms with van der Waals surface area (Å²) in [7, 11) is 0.